The number of hydrogen-bond donors (Lipinski definition) is 2. The van der Waals surface area contributed by atoms with Crippen molar-refractivity contribution in [3.05, 3.63) is 47.8 Å². The number of halogens is 1. The van der Waals surface area contributed by atoms with Gasteiger partial charge in [-0.2, -0.15) is 0 Å². The van der Waals surface area contributed by atoms with Crippen LogP contribution in [0.1, 0.15) is 36.0 Å². The van der Waals surface area contributed by atoms with Crippen LogP contribution in [0.5, 0.6) is 0 Å². The highest BCUT2D eigenvalue weighted by Crippen LogP contribution is 2.39. The maximum Gasteiger partial charge on any atom is 0.254 e. The Morgan fingerprint density at radius 1 is 1.14 bits per heavy atom. The predicted molar refractivity (Wildman–Crippen MR) is 135 cm³/mol. The van der Waals surface area contributed by atoms with Crippen LogP contribution in [0.15, 0.2) is 36.4 Å². The van der Waals surface area contributed by atoms with E-state index in [-0.39, 0.29) is 17.8 Å². The number of rotatable bonds is 4. The van der Waals surface area contributed by atoms with Crippen molar-refractivity contribution >= 4 is 33.5 Å². The Balaban J connectivity index is 1.37. The van der Waals surface area contributed by atoms with Gasteiger partial charge in [-0.1, -0.05) is 0 Å². The molecule has 2 fully saturated rings. The van der Waals surface area contributed by atoms with Crippen molar-refractivity contribution in [2.24, 2.45) is 11.7 Å². The molecule has 0 spiro atoms. The maximum atomic E-state index is 14.2. The van der Waals surface area contributed by atoms with Crippen molar-refractivity contribution in [2.45, 2.75) is 44.8 Å². The SMILES string of the molecule is N[C@@H]1CCCN(C(=O)c2cc3c4c(c2)nc(-c2cc5ccc(F)cc5n2CC2CC2)n4CCN3)C1. The van der Waals surface area contributed by atoms with Gasteiger partial charge in [0.2, 0.25) is 0 Å². The molecule has 8 heteroatoms. The highest BCUT2D eigenvalue weighted by molar-refractivity contribution is 6.03. The largest absolute Gasteiger partial charge is 0.381 e. The summed E-state index contributed by atoms with van der Waals surface area (Å²) in [4.78, 5) is 20.3. The molecule has 0 unspecified atom stereocenters. The van der Waals surface area contributed by atoms with E-state index in [0.717, 1.165) is 78.2 Å². The Labute approximate surface area is 202 Å². The lowest BCUT2D eigenvalue weighted by Crippen LogP contribution is -2.45. The summed E-state index contributed by atoms with van der Waals surface area (Å²) < 4.78 is 18.7. The van der Waals surface area contributed by atoms with Crippen molar-refractivity contribution in [1.29, 1.82) is 0 Å². The van der Waals surface area contributed by atoms with E-state index in [9.17, 15) is 9.18 Å². The fourth-order valence-electron chi connectivity index (χ4n) is 5.79. The fourth-order valence-corrected chi connectivity index (χ4v) is 5.79. The summed E-state index contributed by atoms with van der Waals surface area (Å²) in [6.45, 7) is 3.75. The molecule has 0 bridgehead atoms. The van der Waals surface area contributed by atoms with Gasteiger partial charge in [0.1, 0.15) is 5.82 Å². The lowest BCUT2D eigenvalue weighted by Gasteiger charge is -2.31. The number of nitrogens with one attached hydrogen (secondary N) is 1. The second kappa shape index (κ2) is 7.81. The van der Waals surface area contributed by atoms with Gasteiger partial charge in [0.05, 0.1) is 27.9 Å². The molecule has 0 radical (unpaired) electrons. The van der Waals surface area contributed by atoms with E-state index in [1.165, 1.54) is 18.9 Å². The maximum absolute atomic E-state index is 14.2. The van der Waals surface area contributed by atoms with Gasteiger partial charge in [0, 0.05) is 49.7 Å². The lowest BCUT2D eigenvalue weighted by molar-refractivity contribution is 0.0709. The van der Waals surface area contributed by atoms with Crippen LogP contribution in [0.3, 0.4) is 0 Å². The first-order valence-electron chi connectivity index (χ1n) is 12.7. The molecule has 4 heterocycles. The third-order valence-electron chi connectivity index (χ3n) is 7.72. The van der Waals surface area contributed by atoms with E-state index < -0.39 is 0 Å². The van der Waals surface area contributed by atoms with Crippen molar-refractivity contribution in [3.8, 4) is 11.5 Å². The number of benzene rings is 2. The number of carbonyl (C=O) groups is 1. The van der Waals surface area contributed by atoms with Crippen LogP contribution in [-0.4, -0.2) is 50.6 Å². The number of piperidine rings is 1. The molecule has 3 N–H and O–H groups in total. The minimum Gasteiger partial charge on any atom is -0.381 e. The van der Waals surface area contributed by atoms with Gasteiger partial charge >= 0.3 is 0 Å². The quantitative estimate of drug-likeness (QED) is 0.467. The number of carbonyl (C=O) groups excluding carboxylic acids is 1. The van der Waals surface area contributed by atoms with E-state index in [2.05, 4.69) is 20.5 Å². The molecule has 4 aromatic rings. The van der Waals surface area contributed by atoms with Crippen molar-refractivity contribution in [3.63, 3.8) is 0 Å². The molecule has 1 saturated carbocycles. The van der Waals surface area contributed by atoms with Gasteiger partial charge in [0.15, 0.2) is 5.82 Å². The Morgan fingerprint density at radius 2 is 2.03 bits per heavy atom. The monoisotopic (exact) mass is 472 g/mol. The normalized spacial score (nSPS) is 19.9. The Bertz CT molecular complexity index is 1480. The number of imidazole rings is 1. The van der Waals surface area contributed by atoms with Crippen LogP contribution in [0, 0.1) is 11.7 Å². The molecule has 3 aliphatic rings. The molecule has 2 aromatic carbocycles. The van der Waals surface area contributed by atoms with Crippen molar-refractivity contribution < 1.29 is 9.18 Å². The summed E-state index contributed by atoms with van der Waals surface area (Å²) in [5.74, 6) is 1.31. The number of nitrogens with two attached hydrogens (primary N) is 1. The molecule has 1 atom stereocenters. The van der Waals surface area contributed by atoms with Crippen molar-refractivity contribution in [1.82, 2.24) is 19.0 Å². The molecule has 7 nitrogen and oxygen atoms in total. The van der Waals surface area contributed by atoms with Crippen LogP contribution >= 0.6 is 0 Å². The van der Waals surface area contributed by atoms with Gasteiger partial charge in [0.25, 0.3) is 5.91 Å². The first-order valence-corrected chi connectivity index (χ1v) is 12.7. The first kappa shape index (κ1) is 20.9. The molecule has 180 valence electrons. The summed E-state index contributed by atoms with van der Waals surface area (Å²) in [5.41, 5.74) is 11.5. The summed E-state index contributed by atoms with van der Waals surface area (Å²) in [7, 11) is 0. The zero-order chi connectivity index (χ0) is 23.7. The molecule has 2 aliphatic heterocycles. The van der Waals surface area contributed by atoms with E-state index in [0.29, 0.717) is 18.0 Å². The van der Waals surface area contributed by atoms with Crippen LogP contribution in [0.2, 0.25) is 0 Å². The molecule has 1 saturated heterocycles. The predicted octanol–water partition coefficient (Wildman–Crippen LogP) is 4.20. The van der Waals surface area contributed by atoms with E-state index in [4.69, 9.17) is 10.7 Å². The second-order valence-electron chi connectivity index (χ2n) is 10.3. The molecule has 2 aromatic heterocycles. The fraction of sp³-hybridized carbons (Fsp3) is 0.407. The number of likely N-dealkylation sites (tertiary alicyclic amines) is 1. The zero-order valence-corrected chi connectivity index (χ0v) is 19.6. The smallest absolute Gasteiger partial charge is 0.254 e. The van der Waals surface area contributed by atoms with Gasteiger partial charge in [-0.05, 0) is 68.0 Å². The Morgan fingerprint density at radius 3 is 2.86 bits per heavy atom. The van der Waals surface area contributed by atoms with Gasteiger partial charge in [-0.15, -0.1) is 0 Å². The van der Waals surface area contributed by atoms with Crippen LogP contribution < -0.4 is 11.1 Å². The molecule has 1 amide bonds. The van der Waals surface area contributed by atoms with E-state index in [1.54, 1.807) is 6.07 Å². The highest BCUT2D eigenvalue weighted by Gasteiger charge is 2.29. The Hall–Kier alpha value is -3.39. The average molecular weight is 473 g/mol. The molecular weight excluding hydrogens is 443 g/mol. The number of aromatic nitrogens is 3. The number of fused-ring (bicyclic) bond motifs is 1. The van der Waals surface area contributed by atoms with E-state index >= 15 is 0 Å². The summed E-state index contributed by atoms with van der Waals surface area (Å²) in [6, 6.07) is 11.0. The molecule has 1 aliphatic carbocycles. The number of amides is 1. The molecule has 35 heavy (non-hydrogen) atoms. The minimum atomic E-state index is -0.221. The van der Waals surface area contributed by atoms with Crippen LogP contribution in [-0.2, 0) is 13.1 Å². The highest BCUT2D eigenvalue weighted by atomic mass is 19.1. The molecule has 7 rings (SSSR count). The van der Waals surface area contributed by atoms with E-state index in [1.807, 2.05) is 23.1 Å². The van der Waals surface area contributed by atoms with Crippen LogP contribution in [0.25, 0.3) is 33.5 Å². The number of anilines is 1. The second-order valence-corrected chi connectivity index (χ2v) is 10.3. The van der Waals surface area contributed by atoms with Gasteiger partial charge < -0.3 is 25.1 Å². The van der Waals surface area contributed by atoms with Crippen molar-refractivity contribution in [2.75, 3.05) is 25.0 Å². The third-order valence-corrected chi connectivity index (χ3v) is 7.72. The standard InChI is InChI=1S/C27H29FN6O/c28-19-6-5-17-12-24(34(23(17)13-19)14-16-3-4-16)26-31-22-11-18(10-21-25(22)33(26)9-7-30-21)27(35)32-8-1-2-20(29)15-32/h5-6,10-13,16,20,30H,1-4,7-9,14-15,29H2/t20-/m1/s1. The lowest BCUT2D eigenvalue weighted by atomic mass is 10.0. The topological polar surface area (TPSA) is 81.1 Å². The average Bonchev–Trinajstić information content (AvgIpc) is 3.52. The number of hydrogen-bond acceptors (Lipinski definition) is 4. The number of nitrogens with zero attached hydrogens (tertiary/aromatic N) is 4. The zero-order valence-electron chi connectivity index (χ0n) is 19.6. The third kappa shape index (κ3) is 3.50. The molecular formula is C27H29FN6O. The Kier molecular flexibility index (Phi) is 4.67. The minimum absolute atomic E-state index is 0.0140. The van der Waals surface area contributed by atoms with Gasteiger partial charge in [-0.25, -0.2) is 9.37 Å². The first-order chi connectivity index (χ1) is 17.0. The van der Waals surface area contributed by atoms with Gasteiger partial charge in [-0.3, -0.25) is 4.79 Å². The summed E-state index contributed by atoms with van der Waals surface area (Å²) in [6.07, 6.45) is 4.32. The summed E-state index contributed by atoms with van der Waals surface area (Å²) >= 11 is 0. The van der Waals surface area contributed by atoms with Crippen LogP contribution in [0.4, 0.5) is 10.1 Å². The summed E-state index contributed by atoms with van der Waals surface area (Å²) in [5, 5.41) is 4.50.